The third kappa shape index (κ3) is 4.58. The smallest absolute Gasteiger partial charge is 0.243 e. The van der Waals surface area contributed by atoms with E-state index in [1.54, 1.807) is 6.07 Å². The van der Waals surface area contributed by atoms with Crippen molar-refractivity contribution in [1.82, 2.24) is 10.6 Å². The van der Waals surface area contributed by atoms with Gasteiger partial charge in [-0.05, 0) is 50.0 Å². The number of anilines is 1. The Kier molecular flexibility index (Phi) is 6.18. The van der Waals surface area contributed by atoms with Gasteiger partial charge in [-0.2, -0.15) is 0 Å². The molecule has 1 aromatic rings. The van der Waals surface area contributed by atoms with Gasteiger partial charge >= 0.3 is 0 Å². The molecule has 3 N–H and O–H groups in total. The Balaban J connectivity index is 1.99. The first kappa shape index (κ1) is 19.4. The maximum absolute atomic E-state index is 12.5. The highest BCUT2D eigenvalue weighted by molar-refractivity contribution is 7.92. The van der Waals surface area contributed by atoms with Crippen LogP contribution in [0, 0.1) is 0 Å². The predicted octanol–water partition coefficient (Wildman–Crippen LogP) is 0.471. The summed E-state index contributed by atoms with van der Waals surface area (Å²) < 4.78 is 22.9. The molecule has 138 valence electrons. The molecule has 2 amide bonds. The van der Waals surface area contributed by atoms with Crippen LogP contribution in [-0.2, 0) is 25.8 Å². The molecular weight excluding hydrogens is 342 g/mol. The zero-order valence-corrected chi connectivity index (χ0v) is 15.4. The number of hydrogen-bond acceptors (Lipinski definition) is 5. The Morgan fingerprint density at radius 2 is 1.92 bits per heavy atom. The topological polar surface area (TPSA) is 104 Å². The van der Waals surface area contributed by atoms with Gasteiger partial charge in [-0.1, -0.05) is 19.1 Å². The fourth-order valence-electron chi connectivity index (χ4n) is 2.99. The van der Waals surface area contributed by atoms with Crippen molar-refractivity contribution in [2.75, 3.05) is 31.2 Å². The average Bonchev–Trinajstić information content (AvgIpc) is 2.59. The van der Waals surface area contributed by atoms with Crippen molar-refractivity contribution in [2.45, 2.75) is 30.9 Å². The first-order valence-electron chi connectivity index (χ1n) is 8.36. The van der Waals surface area contributed by atoms with Crippen molar-refractivity contribution in [1.29, 1.82) is 0 Å². The van der Waals surface area contributed by atoms with Gasteiger partial charge < -0.3 is 16.0 Å². The molecule has 0 aliphatic carbocycles. The molecule has 1 aromatic carbocycles. The Morgan fingerprint density at radius 1 is 1.24 bits per heavy atom. The molecule has 8 heteroatoms. The quantitative estimate of drug-likeness (QED) is 0.678. The summed E-state index contributed by atoms with van der Waals surface area (Å²) in [5.41, 5.74) is 1.74. The Bertz CT molecular complexity index is 740. The van der Waals surface area contributed by atoms with Crippen LogP contribution in [0.4, 0.5) is 5.69 Å². The van der Waals surface area contributed by atoms with Gasteiger partial charge in [-0.25, -0.2) is 8.42 Å². The van der Waals surface area contributed by atoms with Crippen LogP contribution < -0.4 is 16.0 Å². The van der Waals surface area contributed by atoms with Crippen LogP contribution in [0.15, 0.2) is 24.3 Å². The van der Waals surface area contributed by atoms with Crippen LogP contribution in [0.1, 0.15) is 25.3 Å². The van der Waals surface area contributed by atoms with Gasteiger partial charge in [0.15, 0.2) is 14.6 Å². The summed E-state index contributed by atoms with van der Waals surface area (Å²) in [7, 11) is -3.59. The summed E-state index contributed by atoms with van der Waals surface area (Å²) in [5, 5.41) is 8.25. The molecule has 1 fully saturated rings. The van der Waals surface area contributed by atoms with Crippen molar-refractivity contribution >= 4 is 27.3 Å². The molecule has 1 aliphatic heterocycles. The second-order valence-corrected chi connectivity index (χ2v) is 8.63. The van der Waals surface area contributed by atoms with Gasteiger partial charge in [0.25, 0.3) is 0 Å². The summed E-state index contributed by atoms with van der Waals surface area (Å²) in [6.45, 7) is 2.66. The van der Waals surface area contributed by atoms with Crippen LogP contribution in [-0.4, -0.2) is 50.9 Å². The van der Waals surface area contributed by atoms with Crippen molar-refractivity contribution in [2.24, 2.45) is 0 Å². The minimum atomic E-state index is -3.59. The first-order valence-corrected chi connectivity index (χ1v) is 10.2. The molecule has 0 atom stereocenters. The van der Waals surface area contributed by atoms with Crippen LogP contribution in [0.5, 0.6) is 0 Å². The number of amides is 2. The number of sulfone groups is 1. The van der Waals surface area contributed by atoms with Crippen LogP contribution in [0.2, 0.25) is 0 Å². The molecule has 7 nitrogen and oxygen atoms in total. The number of nitrogens with one attached hydrogen (secondary N) is 3. The van der Waals surface area contributed by atoms with Gasteiger partial charge in [0.2, 0.25) is 11.8 Å². The largest absolute Gasteiger partial charge is 0.346 e. The van der Waals surface area contributed by atoms with E-state index < -0.39 is 20.5 Å². The van der Waals surface area contributed by atoms with Crippen molar-refractivity contribution in [3.05, 3.63) is 29.8 Å². The van der Waals surface area contributed by atoms with E-state index in [2.05, 4.69) is 16.0 Å². The number of hydrogen-bond donors (Lipinski definition) is 3. The lowest BCUT2D eigenvalue weighted by atomic mass is 9.96. The van der Waals surface area contributed by atoms with E-state index in [0.29, 0.717) is 18.8 Å². The average molecular weight is 367 g/mol. The molecule has 1 aliphatic rings. The van der Waals surface area contributed by atoms with Crippen molar-refractivity contribution < 1.29 is 18.0 Å². The van der Waals surface area contributed by atoms with Crippen LogP contribution in [0.25, 0.3) is 0 Å². The van der Waals surface area contributed by atoms with E-state index in [9.17, 15) is 18.0 Å². The summed E-state index contributed by atoms with van der Waals surface area (Å²) in [4.78, 5) is 24.6. The van der Waals surface area contributed by atoms with E-state index >= 15 is 0 Å². The molecule has 2 rings (SSSR count). The Labute approximate surface area is 148 Å². The molecule has 0 saturated carbocycles. The first-order chi connectivity index (χ1) is 11.8. The maximum Gasteiger partial charge on any atom is 0.243 e. The molecule has 0 spiro atoms. The number of carbonyl (C=O) groups excluding carboxylic acids is 2. The number of rotatable bonds is 6. The predicted molar refractivity (Wildman–Crippen MR) is 97.1 cm³/mol. The van der Waals surface area contributed by atoms with Crippen molar-refractivity contribution in [3.8, 4) is 0 Å². The standard InChI is InChI=1S/C17H25N3O4S/c1-3-13-5-4-6-14(11-13)20-15(21)12-19-16(22)17(25(2,23)24)7-9-18-10-8-17/h4-6,11,18H,3,7-10,12H2,1-2H3,(H,19,22)(H,20,21). The lowest BCUT2D eigenvalue weighted by molar-refractivity contribution is -0.126. The summed E-state index contributed by atoms with van der Waals surface area (Å²) in [6.07, 6.45) is 2.34. The fourth-order valence-corrected chi connectivity index (χ4v) is 4.35. The number of piperidine rings is 1. The molecule has 1 saturated heterocycles. The third-order valence-corrected chi connectivity index (χ3v) is 6.58. The molecule has 0 aromatic heterocycles. The molecule has 25 heavy (non-hydrogen) atoms. The highest BCUT2D eigenvalue weighted by Crippen LogP contribution is 2.27. The monoisotopic (exact) mass is 367 g/mol. The van der Waals surface area contributed by atoms with E-state index in [4.69, 9.17) is 0 Å². The maximum atomic E-state index is 12.5. The fraction of sp³-hybridized carbons (Fsp3) is 0.529. The van der Waals surface area contributed by atoms with E-state index in [1.807, 2.05) is 25.1 Å². The molecule has 1 heterocycles. The zero-order valence-electron chi connectivity index (χ0n) is 14.6. The summed E-state index contributed by atoms with van der Waals surface area (Å²) >= 11 is 0. The zero-order chi connectivity index (χ0) is 18.5. The highest BCUT2D eigenvalue weighted by Gasteiger charge is 2.48. The minimum Gasteiger partial charge on any atom is -0.346 e. The Hall–Kier alpha value is -1.93. The Morgan fingerprint density at radius 3 is 2.52 bits per heavy atom. The van der Waals surface area contributed by atoms with Gasteiger partial charge in [0.1, 0.15) is 0 Å². The second kappa shape index (κ2) is 7.97. The van der Waals surface area contributed by atoms with E-state index in [1.165, 1.54) is 0 Å². The van der Waals surface area contributed by atoms with Gasteiger partial charge in [-0.15, -0.1) is 0 Å². The van der Waals surface area contributed by atoms with Crippen LogP contribution in [0.3, 0.4) is 0 Å². The number of carbonyl (C=O) groups is 2. The van der Waals surface area contributed by atoms with Gasteiger partial charge in [0.05, 0.1) is 6.54 Å². The third-order valence-electron chi connectivity index (χ3n) is 4.56. The van der Waals surface area contributed by atoms with E-state index in [0.717, 1.165) is 18.2 Å². The van der Waals surface area contributed by atoms with Crippen molar-refractivity contribution in [3.63, 3.8) is 0 Å². The van der Waals surface area contributed by atoms with Gasteiger partial charge in [0, 0.05) is 11.9 Å². The highest BCUT2D eigenvalue weighted by atomic mass is 32.2. The summed E-state index contributed by atoms with van der Waals surface area (Å²) in [5.74, 6) is -0.992. The molecule has 0 unspecified atom stereocenters. The van der Waals surface area contributed by atoms with E-state index in [-0.39, 0.29) is 25.3 Å². The lowest BCUT2D eigenvalue weighted by Crippen LogP contribution is -2.58. The lowest BCUT2D eigenvalue weighted by Gasteiger charge is -2.34. The van der Waals surface area contributed by atoms with Crippen LogP contribution >= 0.6 is 0 Å². The number of aryl methyl sites for hydroxylation is 1. The molecule has 0 bridgehead atoms. The summed E-state index contributed by atoms with van der Waals surface area (Å²) in [6, 6.07) is 7.44. The number of benzene rings is 1. The SMILES string of the molecule is CCc1cccc(NC(=O)CNC(=O)C2(S(C)(=O)=O)CCNCC2)c1. The molecule has 0 radical (unpaired) electrons. The van der Waals surface area contributed by atoms with Gasteiger partial charge in [-0.3, -0.25) is 9.59 Å². The normalized spacial score (nSPS) is 16.9. The second-order valence-electron chi connectivity index (χ2n) is 6.30. The molecular formula is C17H25N3O4S. The minimum absolute atomic E-state index is 0.206.